The third kappa shape index (κ3) is 2.58. The van der Waals surface area contributed by atoms with Crippen LogP contribution in [0, 0.1) is 5.92 Å². The zero-order chi connectivity index (χ0) is 13.9. The molecule has 0 radical (unpaired) electrons. The van der Waals surface area contributed by atoms with Crippen LogP contribution in [0.15, 0.2) is 24.3 Å². The van der Waals surface area contributed by atoms with Gasteiger partial charge < -0.3 is 4.90 Å². The van der Waals surface area contributed by atoms with Crippen LogP contribution in [0.25, 0.3) is 0 Å². The fourth-order valence-corrected chi connectivity index (χ4v) is 4.07. The number of rotatable bonds is 2. The standard InChI is InChI=1S/C17H22ClNO/c18-12-16(20)19-11-10-13-6-4-5-9-15(13)17(19)14-7-2-1-3-8-14/h4-6,9,14,17H,1-3,7-8,10-12H2. The van der Waals surface area contributed by atoms with Crippen molar-refractivity contribution in [2.45, 2.75) is 44.6 Å². The van der Waals surface area contributed by atoms with Crippen LogP contribution in [0.5, 0.6) is 0 Å². The average molecular weight is 292 g/mol. The Kier molecular flexibility index (Phi) is 4.30. The van der Waals surface area contributed by atoms with E-state index < -0.39 is 0 Å². The van der Waals surface area contributed by atoms with Gasteiger partial charge >= 0.3 is 0 Å². The first kappa shape index (κ1) is 13.9. The van der Waals surface area contributed by atoms with E-state index >= 15 is 0 Å². The molecule has 3 heteroatoms. The molecule has 0 aromatic heterocycles. The smallest absolute Gasteiger partial charge is 0.238 e. The van der Waals surface area contributed by atoms with Crippen molar-refractivity contribution in [1.82, 2.24) is 4.90 Å². The number of benzene rings is 1. The van der Waals surface area contributed by atoms with Crippen molar-refractivity contribution in [1.29, 1.82) is 0 Å². The first-order chi connectivity index (χ1) is 9.81. The Bertz CT molecular complexity index is 482. The van der Waals surface area contributed by atoms with E-state index in [-0.39, 0.29) is 17.8 Å². The quantitative estimate of drug-likeness (QED) is 0.756. The normalized spacial score (nSPS) is 23.4. The molecule has 0 saturated heterocycles. The van der Waals surface area contributed by atoms with Gasteiger partial charge in [0.05, 0.1) is 6.04 Å². The summed E-state index contributed by atoms with van der Waals surface area (Å²) in [6.45, 7) is 0.823. The Morgan fingerprint density at radius 1 is 1.20 bits per heavy atom. The van der Waals surface area contributed by atoms with Crippen LogP contribution in [0.4, 0.5) is 0 Å². The Labute approximate surface area is 126 Å². The van der Waals surface area contributed by atoms with E-state index in [0.717, 1.165) is 13.0 Å². The number of nitrogens with zero attached hydrogens (tertiary/aromatic N) is 1. The van der Waals surface area contributed by atoms with Crippen molar-refractivity contribution in [2.75, 3.05) is 12.4 Å². The Balaban J connectivity index is 1.95. The monoisotopic (exact) mass is 291 g/mol. The average Bonchev–Trinajstić information content (AvgIpc) is 2.53. The van der Waals surface area contributed by atoms with Gasteiger partial charge in [0.15, 0.2) is 0 Å². The molecule has 1 aliphatic carbocycles. The number of hydrogen-bond donors (Lipinski definition) is 0. The van der Waals surface area contributed by atoms with Crippen LogP contribution >= 0.6 is 11.6 Å². The summed E-state index contributed by atoms with van der Waals surface area (Å²) in [5.41, 5.74) is 2.78. The van der Waals surface area contributed by atoms with E-state index in [1.807, 2.05) is 4.90 Å². The summed E-state index contributed by atoms with van der Waals surface area (Å²) in [4.78, 5) is 14.3. The SMILES string of the molecule is O=C(CCl)N1CCc2ccccc2C1C1CCCCC1. The van der Waals surface area contributed by atoms with Crippen molar-refractivity contribution in [2.24, 2.45) is 5.92 Å². The highest BCUT2D eigenvalue weighted by molar-refractivity contribution is 6.27. The van der Waals surface area contributed by atoms with Crippen LogP contribution in [-0.4, -0.2) is 23.2 Å². The fourth-order valence-electron chi connectivity index (χ4n) is 3.91. The van der Waals surface area contributed by atoms with Crippen molar-refractivity contribution in [3.05, 3.63) is 35.4 Å². The molecule has 1 aromatic rings. The van der Waals surface area contributed by atoms with Crippen molar-refractivity contribution < 1.29 is 4.79 Å². The Morgan fingerprint density at radius 2 is 1.95 bits per heavy atom. The van der Waals surface area contributed by atoms with E-state index in [9.17, 15) is 4.79 Å². The maximum atomic E-state index is 12.2. The summed E-state index contributed by atoms with van der Waals surface area (Å²) in [5, 5.41) is 0. The number of hydrogen-bond acceptors (Lipinski definition) is 1. The largest absolute Gasteiger partial charge is 0.334 e. The lowest BCUT2D eigenvalue weighted by Crippen LogP contribution is -2.44. The van der Waals surface area contributed by atoms with Gasteiger partial charge in [-0.25, -0.2) is 0 Å². The fraction of sp³-hybridized carbons (Fsp3) is 0.588. The molecule has 2 aliphatic rings. The van der Waals surface area contributed by atoms with E-state index in [4.69, 9.17) is 11.6 Å². The molecule has 1 aliphatic heterocycles. The molecule has 1 saturated carbocycles. The van der Waals surface area contributed by atoms with Gasteiger partial charge in [-0.05, 0) is 36.3 Å². The lowest BCUT2D eigenvalue weighted by molar-refractivity contribution is -0.133. The van der Waals surface area contributed by atoms with Gasteiger partial charge in [-0.3, -0.25) is 4.79 Å². The predicted molar refractivity (Wildman–Crippen MR) is 81.9 cm³/mol. The van der Waals surface area contributed by atoms with E-state index in [1.165, 1.54) is 43.2 Å². The molecule has 2 nitrogen and oxygen atoms in total. The molecule has 0 spiro atoms. The van der Waals surface area contributed by atoms with Gasteiger partial charge in [-0.2, -0.15) is 0 Å². The lowest BCUT2D eigenvalue weighted by Gasteiger charge is -2.43. The summed E-state index contributed by atoms with van der Waals surface area (Å²) in [6.07, 6.45) is 7.38. The molecule has 1 amide bonds. The van der Waals surface area contributed by atoms with E-state index in [1.54, 1.807) is 0 Å². The summed E-state index contributed by atoms with van der Waals surface area (Å²) in [7, 11) is 0. The Hall–Kier alpha value is -1.02. The molecule has 1 aromatic carbocycles. The topological polar surface area (TPSA) is 20.3 Å². The molecule has 108 valence electrons. The molecular weight excluding hydrogens is 270 g/mol. The predicted octanol–water partition coefficient (Wildman–Crippen LogP) is 3.93. The summed E-state index contributed by atoms with van der Waals surface area (Å²) in [6, 6.07) is 8.89. The zero-order valence-corrected chi connectivity index (χ0v) is 12.6. The van der Waals surface area contributed by atoms with Crippen molar-refractivity contribution >= 4 is 17.5 Å². The minimum Gasteiger partial charge on any atom is -0.334 e. The van der Waals surface area contributed by atoms with Gasteiger partial charge in [-0.15, -0.1) is 11.6 Å². The summed E-state index contributed by atoms with van der Waals surface area (Å²) in [5.74, 6) is 0.805. The maximum absolute atomic E-state index is 12.2. The van der Waals surface area contributed by atoms with Gasteiger partial charge in [0, 0.05) is 6.54 Å². The Morgan fingerprint density at radius 3 is 2.70 bits per heavy atom. The minimum absolute atomic E-state index is 0.0942. The lowest BCUT2D eigenvalue weighted by atomic mass is 9.77. The van der Waals surface area contributed by atoms with Crippen LogP contribution in [0.3, 0.4) is 0 Å². The maximum Gasteiger partial charge on any atom is 0.238 e. The third-order valence-corrected chi connectivity index (χ3v) is 5.09. The van der Waals surface area contributed by atoms with Gasteiger partial charge in [0.1, 0.15) is 5.88 Å². The van der Waals surface area contributed by atoms with Crippen molar-refractivity contribution in [3.8, 4) is 0 Å². The third-order valence-electron chi connectivity index (χ3n) is 4.86. The van der Waals surface area contributed by atoms with Crippen LogP contribution in [-0.2, 0) is 11.2 Å². The number of alkyl halides is 1. The van der Waals surface area contributed by atoms with E-state index in [2.05, 4.69) is 24.3 Å². The first-order valence-corrected chi connectivity index (χ1v) is 8.28. The second kappa shape index (κ2) is 6.17. The second-order valence-electron chi connectivity index (χ2n) is 6.01. The van der Waals surface area contributed by atoms with Crippen LogP contribution in [0.2, 0.25) is 0 Å². The van der Waals surface area contributed by atoms with Gasteiger partial charge in [-0.1, -0.05) is 43.5 Å². The number of halogens is 1. The van der Waals surface area contributed by atoms with E-state index in [0.29, 0.717) is 5.92 Å². The number of carbonyl (C=O) groups excluding carboxylic acids is 1. The molecule has 1 atom stereocenters. The zero-order valence-electron chi connectivity index (χ0n) is 11.9. The molecule has 0 bridgehead atoms. The van der Waals surface area contributed by atoms with Crippen LogP contribution in [0.1, 0.15) is 49.3 Å². The highest BCUT2D eigenvalue weighted by Crippen LogP contribution is 2.41. The number of carbonyl (C=O) groups is 1. The second-order valence-corrected chi connectivity index (χ2v) is 6.28. The number of amides is 1. The first-order valence-electron chi connectivity index (χ1n) is 7.74. The summed E-state index contributed by atoms with van der Waals surface area (Å²) >= 11 is 5.83. The highest BCUT2D eigenvalue weighted by Gasteiger charge is 2.36. The van der Waals surface area contributed by atoms with Gasteiger partial charge in [0.25, 0.3) is 0 Å². The molecule has 20 heavy (non-hydrogen) atoms. The minimum atomic E-state index is 0.0942. The molecule has 0 N–H and O–H groups in total. The summed E-state index contributed by atoms with van der Waals surface area (Å²) < 4.78 is 0. The molecule has 1 heterocycles. The molecule has 1 fully saturated rings. The highest BCUT2D eigenvalue weighted by atomic mass is 35.5. The van der Waals surface area contributed by atoms with Gasteiger partial charge in [0.2, 0.25) is 5.91 Å². The van der Waals surface area contributed by atoms with Crippen molar-refractivity contribution in [3.63, 3.8) is 0 Å². The number of fused-ring (bicyclic) bond motifs is 1. The molecule has 1 unspecified atom stereocenters. The molecular formula is C17H22ClNO. The van der Waals surface area contributed by atoms with Crippen LogP contribution < -0.4 is 0 Å². The molecule has 3 rings (SSSR count).